The minimum absolute atomic E-state index is 0.150. The van der Waals surface area contributed by atoms with Gasteiger partial charge in [-0.05, 0) is 68.8 Å². The average molecular weight is 279 g/mol. The minimum atomic E-state index is -0.150. The van der Waals surface area contributed by atoms with Crippen molar-refractivity contribution >= 4 is 0 Å². The lowest BCUT2D eigenvalue weighted by atomic mass is 9.96. The molecule has 1 heterocycles. The van der Waals surface area contributed by atoms with E-state index in [4.69, 9.17) is 4.74 Å². The minimum Gasteiger partial charge on any atom is -0.378 e. The van der Waals surface area contributed by atoms with Crippen LogP contribution in [0.4, 0.5) is 4.39 Å². The Morgan fingerprint density at radius 3 is 2.95 bits per heavy atom. The van der Waals surface area contributed by atoms with Gasteiger partial charge in [-0.1, -0.05) is 13.0 Å². The quantitative estimate of drug-likeness (QED) is 0.823. The third-order valence-electron chi connectivity index (χ3n) is 4.03. The smallest absolute Gasteiger partial charge is 0.123 e. The van der Waals surface area contributed by atoms with Crippen molar-refractivity contribution < 1.29 is 9.13 Å². The molecule has 1 saturated heterocycles. The largest absolute Gasteiger partial charge is 0.378 e. The standard InChI is InChI=1S/C17H26FNO/c1-3-8-19-16(12-17-5-4-9-20-17)11-14-6-7-15(18)10-13(14)2/h6-7,10,16-17,19H,3-5,8-9,11-12H2,1-2H3. The van der Waals surface area contributed by atoms with E-state index in [9.17, 15) is 4.39 Å². The van der Waals surface area contributed by atoms with Gasteiger partial charge in [-0.2, -0.15) is 0 Å². The maximum Gasteiger partial charge on any atom is 0.123 e. The summed E-state index contributed by atoms with van der Waals surface area (Å²) in [5.74, 6) is -0.150. The Morgan fingerprint density at radius 1 is 1.45 bits per heavy atom. The maximum absolute atomic E-state index is 13.2. The Labute approximate surface area is 121 Å². The number of benzene rings is 1. The van der Waals surface area contributed by atoms with Gasteiger partial charge in [-0.3, -0.25) is 0 Å². The van der Waals surface area contributed by atoms with Crippen LogP contribution in [0.1, 0.15) is 43.7 Å². The topological polar surface area (TPSA) is 21.3 Å². The monoisotopic (exact) mass is 279 g/mol. The summed E-state index contributed by atoms with van der Waals surface area (Å²) in [4.78, 5) is 0. The molecule has 0 amide bonds. The summed E-state index contributed by atoms with van der Waals surface area (Å²) in [6, 6.07) is 5.52. The zero-order chi connectivity index (χ0) is 14.4. The summed E-state index contributed by atoms with van der Waals surface area (Å²) < 4.78 is 18.9. The van der Waals surface area contributed by atoms with Gasteiger partial charge >= 0.3 is 0 Å². The zero-order valence-corrected chi connectivity index (χ0v) is 12.6. The summed E-state index contributed by atoms with van der Waals surface area (Å²) in [7, 11) is 0. The van der Waals surface area contributed by atoms with Crippen LogP contribution in [0, 0.1) is 12.7 Å². The van der Waals surface area contributed by atoms with Gasteiger partial charge < -0.3 is 10.1 Å². The molecule has 0 spiro atoms. The molecule has 1 N–H and O–H groups in total. The van der Waals surface area contributed by atoms with Crippen LogP contribution in [0.5, 0.6) is 0 Å². The van der Waals surface area contributed by atoms with Crippen LogP contribution < -0.4 is 5.32 Å². The van der Waals surface area contributed by atoms with Crippen molar-refractivity contribution in [1.82, 2.24) is 5.32 Å². The average Bonchev–Trinajstić information content (AvgIpc) is 2.92. The van der Waals surface area contributed by atoms with Crippen LogP contribution in [-0.4, -0.2) is 25.3 Å². The van der Waals surface area contributed by atoms with Gasteiger partial charge in [-0.25, -0.2) is 4.39 Å². The highest BCUT2D eigenvalue weighted by Gasteiger charge is 2.21. The fourth-order valence-electron chi connectivity index (χ4n) is 2.89. The molecule has 1 fully saturated rings. The van der Waals surface area contributed by atoms with Crippen LogP contribution in [-0.2, 0) is 11.2 Å². The van der Waals surface area contributed by atoms with E-state index in [-0.39, 0.29) is 5.82 Å². The van der Waals surface area contributed by atoms with Gasteiger partial charge in [0, 0.05) is 12.6 Å². The van der Waals surface area contributed by atoms with Crippen LogP contribution in [0.2, 0.25) is 0 Å². The molecule has 20 heavy (non-hydrogen) atoms. The van der Waals surface area contributed by atoms with Crippen molar-refractivity contribution in [2.75, 3.05) is 13.2 Å². The highest BCUT2D eigenvalue weighted by atomic mass is 19.1. The molecule has 2 rings (SSSR count). The van der Waals surface area contributed by atoms with Crippen molar-refractivity contribution in [3.8, 4) is 0 Å². The van der Waals surface area contributed by atoms with Crippen LogP contribution in [0.3, 0.4) is 0 Å². The fourth-order valence-corrected chi connectivity index (χ4v) is 2.89. The number of halogens is 1. The summed E-state index contributed by atoms with van der Waals surface area (Å²) in [5, 5.41) is 3.61. The van der Waals surface area contributed by atoms with Crippen LogP contribution in [0.15, 0.2) is 18.2 Å². The summed E-state index contributed by atoms with van der Waals surface area (Å²) in [6.45, 7) is 6.10. The lowest BCUT2D eigenvalue weighted by molar-refractivity contribution is 0.0945. The van der Waals surface area contributed by atoms with E-state index >= 15 is 0 Å². The molecule has 2 nitrogen and oxygen atoms in total. The lowest BCUT2D eigenvalue weighted by Gasteiger charge is -2.22. The van der Waals surface area contributed by atoms with E-state index in [1.54, 1.807) is 12.1 Å². The first-order valence-corrected chi connectivity index (χ1v) is 7.79. The number of ether oxygens (including phenoxy) is 1. The Hall–Kier alpha value is -0.930. The van der Waals surface area contributed by atoms with Gasteiger partial charge in [0.1, 0.15) is 5.82 Å². The van der Waals surface area contributed by atoms with Crippen molar-refractivity contribution in [3.05, 3.63) is 35.1 Å². The molecule has 2 atom stereocenters. The highest BCUT2D eigenvalue weighted by Crippen LogP contribution is 2.20. The van der Waals surface area contributed by atoms with E-state index in [1.807, 2.05) is 13.0 Å². The Morgan fingerprint density at radius 2 is 2.30 bits per heavy atom. The molecule has 112 valence electrons. The Kier molecular flexibility index (Phi) is 5.99. The molecule has 1 aromatic carbocycles. The molecule has 0 saturated carbocycles. The predicted molar refractivity (Wildman–Crippen MR) is 80.5 cm³/mol. The number of hydrogen-bond donors (Lipinski definition) is 1. The van der Waals surface area contributed by atoms with Crippen LogP contribution >= 0.6 is 0 Å². The van der Waals surface area contributed by atoms with Gasteiger partial charge in [0.15, 0.2) is 0 Å². The first-order valence-electron chi connectivity index (χ1n) is 7.79. The first-order chi connectivity index (χ1) is 9.69. The molecule has 2 unspecified atom stereocenters. The number of aryl methyl sites for hydroxylation is 1. The van der Waals surface area contributed by atoms with Gasteiger partial charge in [-0.15, -0.1) is 0 Å². The Bertz CT molecular complexity index is 415. The molecule has 1 aliphatic rings. The fraction of sp³-hybridized carbons (Fsp3) is 0.647. The van der Waals surface area contributed by atoms with E-state index in [0.717, 1.165) is 38.0 Å². The zero-order valence-electron chi connectivity index (χ0n) is 12.6. The van der Waals surface area contributed by atoms with Gasteiger partial charge in [0.25, 0.3) is 0 Å². The third kappa shape index (κ3) is 4.57. The second-order valence-electron chi connectivity index (χ2n) is 5.80. The molecule has 1 aliphatic heterocycles. The first kappa shape index (κ1) is 15.5. The summed E-state index contributed by atoms with van der Waals surface area (Å²) in [5.41, 5.74) is 2.28. The predicted octanol–water partition coefficient (Wildman–Crippen LogP) is 3.61. The van der Waals surface area contributed by atoms with Gasteiger partial charge in [0.05, 0.1) is 6.10 Å². The normalized spacial score (nSPS) is 20.2. The molecule has 1 aromatic rings. The van der Waals surface area contributed by atoms with Gasteiger partial charge in [0.2, 0.25) is 0 Å². The molecule has 0 bridgehead atoms. The second-order valence-corrected chi connectivity index (χ2v) is 5.80. The lowest BCUT2D eigenvalue weighted by Crippen LogP contribution is -2.35. The number of nitrogens with one attached hydrogen (secondary N) is 1. The van der Waals surface area contributed by atoms with Crippen molar-refractivity contribution in [1.29, 1.82) is 0 Å². The molecular formula is C17H26FNO. The maximum atomic E-state index is 13.2. The van der Waals surface area contributed by atoms with E-state index in [0.29, 0.717) is 12.1 Å². The number of rotatable bonds is 7. The molecular weight excluding hydrogens is 253 g/mol. The third-order valence-corrected chi connectivity index (χ3v) is 4.03. The molecule has 0 aliphatic carbocycles. The SMILES string of the molecule is CCCNC(Cc1ccc(F)cc1C)CC1CCCO1. The van der Waals surface area contributed by atoms with E-state index in [2.05, 4.69) is 12.2 Å². The Balaban J connectivity index is 1.97. The summed E-state index contributed by atoms with van der Waals surface area (Å²) >= 11 is 0. The van der Waals surface area contributed by atoms with Crippen molar-refractivity contribution in [3.63, 3.8) is 0 Å². The van der Waals surface area contributed by atoms with Crippen LogP contribution in [0.25, 0.3) is 0 Å². The van der Waals surface area contributed by atoms with E-state index in [1.165, 1.54) is 18.4 Å². The molecule has 3 heteroatoms. The van der Waals surface area contributed by atoms with E-state index < -0.39 is 0 Å². The molecule has 0 aromatic heterocycles. The van der Waals surface area contributed by atoms with Crippen molar-refractivity contribution in [2.24, 2.45) is 0 Å². The highest BCUT2D eigenvalue weighted by molar-refractivity contribution is 5.27. The van der Waals surface area contributed by atoms with Crippen molar-refractivity contribution in [2.45, 2.75) is 58.1 Å². The molecule has 0 radical (unpaired) electrons. The summed E-state index contributed by atoms with van der Waals surface area (Å²) in [6.07, 6.45) is 5.88. The second kappa shape index (κ2) is 7.75. The number of hydrogen-bond acceptors (Lipinski definition) is 2.